The Morgan fingerprint density at radius 2 is 1.79 bits per heavy atom. The van der Waals surface area contributed by atoms with Crippen molar-refractivity contribution in [3.05, 3.63) is 35.4 Å². The van der Waals surface area contributed by atoms with Gasteiger partial charge in [-0.2, -0.15) is 0 Å². The summed E-state index contributed by atoms with van der Waals surface area (Å²) in [6.07, 6.45) is 9.31. The highest BCUT2D eigenvalue weighted by molar-refractivity contribution is 5.23. The van der Waals surface area contributed by atoms with Crippen LogP contribution in [0.25, 0.3) is 0 Å². The molecule has 106 valence electrons. The van der Waals surface area contributed by atoms with Crippen molar-refractivity contribution < 1.29 is 0 Å². The summed E-state index contributed by atoms with van der Waals surface area (Å²) >= 11 is 0. The fourth-order valence-corrected chi connectivity index (χ4v) is 2.91. The van der Waals surface area contributed by atoms with Gasteiger partial charge in [0.2, 0.25) is 0 Å². The molecular formula is C18H29N. The van der Waals surface area contributed by atoms with Gasteiger partial charge in [0, 0.05) is 6.04 Å². The van der Waals surface area contributed by atoms with Gasteiger partial charge in [0.1, 0.15) is 0 Å². The molecule has 1 aromatic rings. The minimum absolute atomic E-state index is 0.678. The third-order valence-electron chi connectivity index (χ3n) is 4.44. The molecule has 1 N–H and O–H groups in total. The van der Waals surface area contributed by atoms with Crippen LogP contribution >= 0.6 is 0 Å². The monoisotopic (exact) mass is 259 g/mol. The molecule has 0 spiro atoms. The standard InChI is InChI=1S/C18H29N/c1-3-12-19-18(13-16-6-5-7-16)14-17-10-8-15(4-2)9-11-17/h8-11,16,18-19H,3-7,12-14H2,1-2H3. The van der Waals surface area contributed by atoms with E-state index in [9.17, 15) is 0 Å². The van der Waals surface area contributed by atoms with Gasteiger partial charge in [-0.25, -0.2) is 0 Å². The summed E-state index contributed by atoms with van der Waals surface area (Å²) in [6, 6.07) is 9.89. The summed E-state index contributed by atoms with van der Waals surface area (Å²) in [5, 5.41) is 3.75. The summed E-state index contributed by atoms with van der Waals surface area (Å²) in [7, 11) is 0. The zero-order valence-electron chi connectivity index (χ0n) is 12.6. The summed E-state index contributed by atoms with van der Waals surface area (Å²) in [5.41, 5.74) is 2.94. The van der Waals surface area contributed by atoms with Gasteiger partial charge >= 0.3 is 0 Å². The molecule has 0 aromatic heterocycles. The minimum atomic E-state index is 0.678. The zero-order valence-corrected chi connectivity index (χ0v) is 12.6. The maximum absolute atomic E-state index is 3.75. The Bertz CT molecular complexity index is 350. The normalized spacial score (nSPS) is 17.2. The van der Waals surface area contributed by atoms with E-state index >= 15 is 0 Å². The van der Waals surface area contributed by atoms with Crippen molar-refractivity contribution in [3.63, 3.8) is 0 Å². The second-order valence-corrected chi connectivity index (χ2v) is 6.06. The van der Waals surface area contributed by atoms with Gasteiger partial charge in [-0.15, -0.1) is 0 Å². The van der Waals surface area contributed by atoms with E-state index in [2.05, 4.69) is 43.4 Å². The van der Waals surface area contributed by atoms with Crippen molar-refractivity contribution in [2.75, 3.05) is 6.54 Å². The van der Waals surface area contributed by atoms with E-state index in [1.807, 2.05) is 0 Å². The highest BCUT2D eigenvalue weighted by atomic mass is 14.9. The van der Waals surface area contributed by atoms with E-state index in [4.69, 9.17) is 0 Å². The highest BCUT2D eigenvalue weighted by Crippen LogP contribution is 2.31. The third kappa shape index (κ3) is 4.65. The lowest BCUT2D eigenvalue weighted by Gasteiger charge is -2.30. The first-order chi connectivity index (χ1) is 9.31. The van der Waals surface area contributed by atoms with Crippen LogP contribution < -0.4 is 5.32 Å². The Kier molecular flexibility index (Phi) is 5.91. The molecular weight excluding hydrogens is 230 g/mol. The highest BCUT2D eigenvalue weighted by Gasteiger charge is 2.21. The number of benzene rings is 1. The molecule has 0 aliphatic heterocycles. The maximum atomic E-state index is 3.75. The predicted molar refractivity (Wildman–Crippen MR) is 83.6 cm³/mol. The molecule has 0 heterocycles. The lowest BCUT2D eigenvalue weighted by Crippen LogP contribution is -2.35. The first-order valence-electron chi connectivity index (χ1n) is 8.13. The average Bonchev–Trinajstić information content (AvgIpc) is 2.40. The van der Waals surface area contributed by atoms with Crippen molar-refractivity contribution in [2.45, 2.75) is 64.8 Å². The molecule has 1 aliphatic carbocycles. The van der Waals surface area contributed by atoms with Crippen LogP contribution in [-0.4, -0.2) is 12.6 Å². The molecule has 1 unspecified atom stereocenters. The van der Waals surface area contributed by atoms with Crippen LogP contribution in [0.15, 0.2) is 24.3 Å². The Labute approximate surface area is 118 Å². The number of hydrogen-bond acceptors (Lipinski definition) is 1. The second kappa shape index (κ2) is 7.69. The second-order valence-electron chi connectivity index (χ2n) is 6.06. The van der Waals surface area contributed by atoms with Crippen LogP contribution in [0.4, 0.5) is 0 Å². The summed E-state index contributed by atoms with van der Waals surface area (Å²) in [4.78, 5) is 0. The fourth-order valence-electron chi connectivity index (χ4n) is 2.91. The average molecular weight is 259 g/mol. The van der Waals surface area contributed by atoms with Gasteiger partial charge in [-0.3, -0.25) is 0 Å². The van der Waals surface area contributed by atoms with Crippen LogP contribution in [-0.2, 0) is 12.8 Å². The number of nitrogens with one attached hydrogen (secondary N) is 1. The Hall–Kier alpha value is -0.820. The fraction of sp³-hybridized carbons (Fsp3) is 0.667. The summed E-state index contributed by atoms with van der Waals surface area (Å²) in [5.74, 6) is 0.990. The molecule has 2 rings (SSSR count). The third-order valence-corrected chi connectivity index (χ3v) is 4.44. The molecule has 1 aromatic carbocycles. The lowest BCUT2D eigenvalue weighted by molar-refractivity contribution is 0.259. The molecule has 1 fully saturated rings. The number of rotatable bonds is 8. The first kappa shape index (κ1) is 14.6. The van der Waals surface area contributed by atoms with Gasteiger partial charge in [0.05, 0.1) is 0 Å². The molecule has 1 heteroatoms. The molecule has 1 saturated carbocycles. The predicted octanol–water partition coefficient (Wildman–Crippen LogP) is 4.35. The van der Waals surface area contributed by atoms with Gasteiger partial charge < -0.3 is 5.32 Å². The molecule has 19 heavy (non-hydrogen) atoms. The molecule has 0 bridgehead atoms. The van der Waals surface area contributed by atoms with E-state index in [1.54, 1.807) is 0 Å². The molecule has 1 aliphatic rings. The Balaban J connectivity index is 1.88. The van der Waals surface area contributed by atoms with Crippen molar-refractivity contribution in [3.8, 4) is 0 Å². The molecule has 1 atom stereocenters. The van der Waals surface area contributed by atoms with Crippen molar-refractivity contribution >= 4 is 0 Å². The smallest absolute Gasteiger partial charge is 0.0110 e. The Morgan fingerprint density at radius 3 is 2.32 bits per heavy atom. The number of aryl methyl sites for hydroxylation is 1. The van der Waals surface area contributed by atoms with Crippen LogP contribution in [0, 0.1) is 5.92 Å². The van der Waals surface area contributed by atoms with Crippen LogP contribution in [0.3, 0.4) is 0 Å². The molecule has 0 amide bonds. The molecule has 0 saturated heterocycles. The van der Waals surface area contributed by atoms with Crippen LogP contribution in [0.1, 0.15) is 57.1 Å². The van der Waals surface area contributed by atoms with Gasteiger partial charge in [-0.05, 0) is 49.3 Å². The maximum Gasteiger partial charge on any atom is 0.0110 e. The molecule has 1 nitrogen and oxygen atoms in total. The van der Waals surface area contributed by atoms with E-state index in [1.165, 1.54) is 49.7 Å². The topological polar surface area (TPSA) is 12.0 Å². The van der Waals surface area contributed by atoms with Crippen molar-refractivity contribution in [2.24, 2.45) is 5.92 Å². The number of hydrogen-bond donors (Lipinski definition) is 1. The lowest BCUT2D eigenvalue weighted by atomic mass is 9.80. The van der Waals surface area contributed by atoms with E-state index in [-0.39, 0.29) is 0 Å². The SMILES string of the molecule is CCCNC(Cc1ccc(CC)cc1)CC1CCC1. The van der Waals surface area contributed by atoms with Crippen molar-refractivity contribution in [1.82, 2.24) is 5.32 Å². The zero-order chi connectivity index (χ0) is 13.5. The Morgan fingerprint density at radius 1 is 1.11 bits per heavy atom. The quantitative estimate of drug-likeness (QED) is 0.732. The first-order valence-corrected chi connectivity index (χ1v) is 8.13. The minimum Gasteiger partial charge on any atom is -0.314 e. The van der Waals surface area contributed by atoms with E-state index < -0.39 is 0 Å². The molecule has 0 radical (unpaired) electrons. The largest absolute Gasteiger partial charge is 0.314 e. The summed E-state index contributed by atoms with van der Waals surface area (Å²) < 4.78 is 0. The van der Waals surface area contributed by atoms with Crippen LogP contribution in [0.5, 0.6) is 0 Å². The van der Waals surface area contributed by atoms with E-state index in [0.717, 1.165) is 18.9 Å². The summed E-state index contributed by atoms with van der Waals surface area (Å²) in [6.45, 7) is 5.63. The van der Waals surface area contributed by atoms with Crippen molar-refractivity contribution in [1.29, 1.82) is 0 Å². The van der Waals surface area contributed by atoms with Crippen LogP contribution in [0.2, 0.25) is 0 Å². The van der Waals surface area contributed by atoms with Gasteiger partial charge in [0.15, 0.2) is 0 Å². The van der Waals surface area contributed by atoms with Gasteiger partial charge in [0.25, 0.3) is 0 Å². The van der Waals surface area contributed by atoms with E-state index in [0.29, 0.717) is 6.04 Å². The van der Waals surface area contributed by atoms with Gasteiger partial charge in [-0.1, -0.05) is 57.4 Å².